The van der Waals surface area contributed by atoms with Crippen molar-refractivity contribution in [3.8, 4) is 0 Å². The van der Waals surface area contributed by atoms with Crippen molar-refractivity contribution in [3.05, 3.63) is 0 Å². The average Bonchev–Trinajstić information content (AvgIpc) is 2.83. The van der Waals surface area contributed by atoms with Crippen LogP contribution in [0.4, 0.5) is 4.79 Å². The molecule has 0 aromatic rings. The van der Waals surface area contributed by atoms with Gasteiger partial charge in [0.15, 0.2) is 18.2 Å². The van der Waals surface area contributed by atoms with Crippen molar-refractivity contribution in [2.45, 2.75) is 32.5 Å². The maximum atomic E-state index is 12.3. The summed E-state index contributed by atoms with van der Waals surface area (Å²) in [4.78, 5) is 44.9. The molecule has 3 aliphatic heterocycles. The van der Waals surface area contributed by atoms with Gasteiger partial charge in [-0.2, -0.15) is 0 Å². The number of guanidine groups is 1. The summed E-state index contributed by atoms with van der Waals surface area (Å²) in [5, 5.41) is 11.5. The predicted octanol–water partition coefficient (Wildman–Crippen LogP) is -0.403. The van der Waals surface area contributed by atoms with E-state index in [4.69, 9.17) is 0 Å². The van der Waals surface area contributed by atoms with Gasteiger partial charge in [0.2, 0.25) is 0 Å². The van der Waals surface area contributed by atoms with Gasteiger partial charge in [0.1, 0.15) is 6.54 Å². The SMILES string of the molecule is CC1CC(C)CN(C2=NC3C(C(=O)NC(=O)N3C)N2CC(=O)O)C1. The molecule has 0 bridgehead atoms. The van der Waals surface area contributed by atoms with Crippen molar-refractivity contribution in [2.24, 2.45) is 16.8 Å². The van der Waals surface area contributed by atoms with E-state index in [-0.39, 0.29) is 6.54 Å². The van der Waals surface area contributed by atoms with E-state index in [1.807, 2.05) is 4.90 Å². The highest BCUT2D eigenvalue weighted by atomic mass is 16.4. The van der Waals surface area contributed by atoms with Gasteiger partial charge in [-0.25, -0.2) is 9.79 Å². The van der Waals surface area contributed by atoms with Crippen LogP contribution in [0, 0.1) is 11.8 Å². The number of imide groups is 1. The van der Waals surface area contributed by atoms with Gasteiger partial charge in [-0.1, -0.05) is 13.8 Å². The zero-order valence-corrected chi connectivity index (χ0v) is 14.1. The topological polar surface area (TPSA) is 106 Å². The third kappa shape index (κ3) is 2.78. The fourth-order valence-electron chi connectivity index (χ4n) is 3.92. The molecule has 9 heteroatoms. The highest BCUT2D eigenvalue weighted by Crippen LogP contribution is 2.29. The standard InChI is InChI=1S/C15H23N5O4/c1-8-4-9(2)6-19(5-8)14-16-12-11(20(14)7-10(21)22)13(23)17-15(24)18(12)3/h8-9,11-12H,4-7H2,1-3H3,(H,21,22)(H,17,23,24). The Bertz CT molecular complexity index is 597. The smallest absolute Gasteiger partial charge is 0.325 e. The molecule has 0 spiro atoms. The maximum Gasteiger partial charge on any atom is 0.325 e. The maximum absolute atomic E-state index is 12.3. The third-order valence-corrected chi connectivity index (χ3v) is 4.80. The minimum Gasteiger partial charge on any atom is -0.480 e. The summed E-state index contributed by atoms with van der Waals surface area (Å²) in [6.45, 7) is 5.50. The van der Waals surface area contributed by atoms with E-state index >= 15 is 0 Å². The Hall–Kier alpha value is -2.32. The van der Waals surface area contributed by atoms with Crippen molar-refractivity contribution >= 4 is 23.9 Å². The first-order chi connectivity index (χ1) is 11.3. The van der Waals surface area contributed by atoms with Gasteiger partial charge in [-0.05, 0) is 18.3 Å². The molecule has 4 unspecified atom stereocenters. The summed E-state index contributed by atoms with van der Waals surface area (Å²) in [5.74, 6) is -0.115. The zero-order chi connectivity index (χ0) is 17.6. The van der Waals surface area contributed by atoms with Crippen LogP contribution in [0.1, 0.15) is 20.3 Å². The Balaban J connectivity index is 1.94. The monoisotopic (exact) mass is 337 g/mol. The molecular formula is C15H23N5O4. The number of hydrogen-bond acceptors (Lipinski definition) is 6. The summed E-state index contributed by atoms with van der Waals surface area (Å²) in [7, 11) is 1.56. The number of fused-ring (bicyclic) bond motifs is 1. The zero-order valence-electron chi connectivity index (χ0n) is 14.1. The summed E-state index contributed by atoms with van der Waals surface area (Å²) < 4.78 is 0. The molecule has 4 atom stereocenters. The molecule has 3 heterocycles. The average molecular weight is 337 g/mol. The molecule has 0 aromatic carbocycles. The number of rotatable bonds is 2. The highest BCUT2D eigenvalue weighted by Gasteiger charge is 2.50. The van der Waals surface area contributed by atoms with Crippen molar-refractivity contribution in [3.63, 3.8) is 0 Å². The molecule has 0 saturated carbocycles. The lowest BCUT2D eigenvalue weighted by Crippen LogP contribution is -2.65. The van der Waals surface area contributed by atoms with Crippen molar-refractivity contribution in [1.29, 1.82) is 0 Å². The minimum absolute atomic E-state index is 0.325. The van der Waals surface area contributed by atoms with Crippen LogP contribution in [0.15, 0.2) is 4.99 Å². The minimum atomic E-state index is -1.03. The summed E-state index contributed by atoms with van der Waals surface area (Å²) in [6, 6.07) is -1.31. The number of piperidine rings is 1. The number of carbonyl (C=O) groups is 3. The second-order valence-corrected chi connectivity index (χ2v) is 7.07. The number of aliphatic carboxylic acids is 1. The molecule has 9 nitrogen and oxygen atoms in total. The van der Waals surface area contributed by atoms with Crippen LogP contribution in [0.2, 0.25) is 0 Å². The molecule has 0 aliphatic carbocycles. The van der Waals surface area contributed by atoms with Gasteiger partial charge in [0.05, 0.1) is 0 Å². The molecule has 0 radical (unpaired) electrons. The Labute approximate surface area is 140 Å². The van der Waals surface area contributed by atoms with E-state index < -0.39 is 30.1 Å². The molecule has 3 amide bonds. The molecule has 24 heavy (non-hydrogen) atoms. The number of carboxylic acid groups (broad SMARTS) is 1. The number of nitrogens with one attached hydrogen (secondary N) is 1. The van der Waals surface area contributed by atoms with Crippen molar-refractivity contribution in [2.75, 3.05) is 26.7 Å². The number of likely N-dealkylation sites (N-methyl/N-ethyl adjacent to an activating group) is 1. The molecule has 2 saturated heterocycles. The van der Waals surface area contributed by atoms with Crippen molar-refractivity contribution in [1.82, 2.24) is 20.0 Å². The van der Waals surface area contributed by atoms with Crippen LogP contribution >= 0.6 is 0 Å². The van der Waals surface area contributed by atoms with Crippen LogP contribution in [-0.2, 0) is 9.59 Å². The lowest BCUT2D eigenvalue weighted by molar-refractivity contribution is -0.138. The first-order valence-electron chi connectivity index (χ1n) is 8.16. The van der Waals surface area contributed by atoms with E-state index in [0.717, 1.165) is 19.5 Å². The van der Waals surface area contributed by atoms with Crippen LogP contribution in [0.25, 0.3) is 0 Å². The van der Waals surface area contributed by atoms with Gasteiger partial charge >= 0.3 is 12.0 Å². The van der Waals surface area contributed by atoms with Crippen molar-refractivity contribution < 1.29 is 19.5 Å². The highest BCUT2D eigenvalue weighted by molar-refractivity contribution is 6.04. The van der Waals surface area contributed by atoms with E-state index in [2.05, 4.69) is 24.2 Å². The summed E-state index contributed by atoms with van der Waals surface area (Å²) in [6.07, 6.45) is 0.419. The van der Waals surface area contributed by atoms with Crippen LogP contribution in [-0.4, -0.2) is 82.6 Å². The largest absolute Gasteiger partial charge is 0.480 e. The van der Waals surface area contributed by atoms with E-state index in [1.54, 1.807) is 7.05 Å². The predicted molar refractivity (Wildman–Crippen MR) is 85.2 cm³/mol. The number of nitrogens with zero attached hydrogens (tertiary/aromatic N) is 4. The van der Waals surface area contributed by atoms with Gasteiger partial charge in [-0.3, -0.25) is 14.9 Å². The fourth-order valence-corrected chi connectivity index (χ4v) is 3.92. The van der Waals surface area contributed by atoms with Crippen LogP contribution in [0.3, 0.4) is 0 Å². The van der Waals surface area contributed by atoms with Crippen LogP contribution in [0.5, 0.6) is 0 Å². The number of aliphatic imine (C=N–C) groups is 1. The third-order valence-electron chi connectivity index (χ3n) is 4.80. The quantitative estimate of drug-likeness (QED) is 0.710. The van der Waals surface area contributed by atoms with E-state index in [0.29, 0.717) is 17.8 Å². The Kier molecular flexibility index (Phi) is 4.10. The van der Waals surface area contributed by atoms with E-state index in [9.17, 15) is 19.5 Å². The first-order valence-corrected chi connectivity index (χ1v) is 8.16. The summed E-state index contributed by atoms with van der Waals surface area (Å²) >= 11 is 0. The normalized spacial score (nSPS) is 33.3. The number of hydrogen-bond donors (Lipinski definition) is 2. The van der Waals surface area contributed by atoms with Gasteiger partial charge in [-0.15, -0.1) is 0 Å². The number of likely N-dealkylation sites (tertiary alicyclic amines) is 1. The Morgan fingerprint density at radius 3 is 2.50 bits per heavy atom. The molecule has 2 fully saturated rings. The van der Waals surface area contributed by atoms with Gasteiger partial charge in [0.25, 0.3) is 5.91 Å². The lowest BCUT2D eigenvalue weighted by atomic mass is 9.92. The van der Waals surface area contributed by atoms with Crippen LogP contribution < -0.4 is 5.32 Å². The lowest BCUT2D eigenvalue weighted by Gasteiger charge is -2.40. The molecule has 3 rings (SSSR count). The number of carboxylic acids is 1. The molecule has 3 aliphatic rings. The Morgan fingerprint density at radius 1 is 1.29 bits per heavy atom. The molecule has 132 valence electrons. The molecule has 0 aromatic heterocycles. The summed E-state index contributed by atoms with van der Waals surface area (Å²) in [5.41, 5.74) is 0. The Morgan fingerprint density at radius 2 is 1.92 bits per heavy atom. The molecule has 2 N–H and O–H groups in total. The second-order valence-electron chi connectivity index (χ2n) is 7.07. The first kappa shape index (κ1) is 16.5. The number of urea groups is 1. The van der Waals surface area contributed by atoms with E-state index in [1.165, 1.54) is 9.80 Å². The second kappa shape index (κ2) is 5.95. The number of carbonyl (C=O) groups excluding carboxylic acids is 2. The molecular weight excluding hydrogens is 314 g/mol. The van der Waals surface area contributed by atoms with Gasteiger partial charge in [0, 0.05) is 20.1 Å². The fraction of sp³-hybridized carbons (Fsp3) is 0.733. The van der Waals surface area contributed by atoms with Gasteiger partial charge < -0.3 is 19.8 Å². The number of amides is 3.